The van der Waals surface area contributed by atoms with Crippen LogP contribution < -0.4 is 27.3 Å². The number of aromatic nitrogens is 3. The molecular formula is C98H60N4O5. The molecule has 0 bridgehead atoms. The van der Waals surface area contributed by atoms with Crippen molar-refractivity contribution in [1.29, 1.82) is 0 Å². The first kappa shape index (κ1) is 62.3. The topological polar surface area (TPSA) is 98.4 Å². The number of benzene rings is 15. The van der Waals surface area contributed by atoms with Gasteiger partial charge in [-0.15, -0.1) is 0 Å². The number of pyridine rings is 3. The first-order valence-electron chi connectivity index (χ1n) is 35.7. The number of nitrogens with zero attached hydrogens (tertiary/aromatic N) is 4. The third-order valence-electron chi connectivity index (χ3n) is 21.2. The Labute approximate surface area is 612 Å². The zero-order valence-corrected chi connectivity index (χ0v) is 57.5. The van der Waals surface area contributed by atoms with Crippen molar-refractivity contribution in [3.63, 3.8) is 0 Å². The molecule has 9 nitrogen and oxygen atoms in total. The maximum atomic E-state index is 14.8. The monoisotopic (exact) mass is 1370 g/mol. The minimum Gasteiger partial charge on any atom is -0.461 e. The summed E-state index contributed by atoms with van der Waals surface area (Å²) in [6.45, 7) is 0. The van der Waals surface area contributed by atoms with Crippen molar-refractivity contribution in [2.45, 2.75) is 0 Å². The van der Waals surface area contributed by atoms with Gasteiger partial charge in [0.2, 0.25) is 0 Å². The van der Waals surface area contributed by atoms with Gasteiger partial charge >= 0.3 is 5.69 Å². The minimum atomic E-state index is -0.418. The van der Waals surface area contributed by atoms with Crippen molar-refractivity contribution in [2.24, 2.45) is 0 Å². The molecule has 20 rings (SSSR count). The van der Waals surface area contributed by atoms with Crippen molar-refractivity contribution in [1.82, 2.24) is 13.4 Å². The molecule has 9 heteroatoms. The zero-order chi connectivity index (χ0) is 71.4. The molecule has 0 fully saturated rings. The Bertz CT molecular complexity index is 7120. The van der Waals surface area contributed by atoms with Crippen LogP contribution in [0.2, 0.25) is 0 Å². The number of anilines is 3. The van der Waals surface area contributed by atoms with Crippen LogP contribution in [0.15, 0.2) is 388 Å². The highest BCUT2D eigenvalue weighted by Crippen LogP contribution is 2.43. The number of fused-ring (bicyclic) bond motifs is 6. The lowest BCUT2D eigenvalue weighted by atomic mass is 9.91. The van der Waals surface area contributed by atoms with Crippen LogP contribution >= 0.6 is 0 Å². The van der Waals surface area contributed by atoms with E-state index >= 15 is 0 Å². The first-order valence-corrected chi connectivity index (χ1v) is 35.7. The molecule has 0 unspecified atom stereocenters. The molecule has 0 aliphatic heterocycles. The Balaban J connectivity index is 0.628. The summed E-state index contributed by atoms with van der Waals surface area (Å²) in [6, 6.07) is 122. The largest absolute Gasteiger partial charge is 0.461 e. The van der Waals surface area contributed by atoms with Crippen LogP contribution in [-0.2, 0) is 0 Å². The van der Waals surface area contributed by atoms with Gasteiger partial charge in [-0.05, 0) is 227 Å². The Morgan fingerprint density at radius 1 is 0.224 bits per heavy atom. The molecule has 0 atom stereocenters. The molecule has 5 aromatic heterocycles. The zero-order valence-electron chi connectivity index (χ0n) is 57.5. The summed E-state index contributed by atoms with van der Waals surface area (Å²) in [6.07, 6.45) is 1.70. The second-order valence-electron chi connectivity index (χ2n) is 27.4. The van der Waals surface area contributed by atoms with E-state index in [0.717, 1.165) is 128 Å². The van der Waals surface area contributed by atoms with E-state index < -0.39 is 11.2 Å². The first-order chi connectivity index (χ1) is 52.7. The predicted molar refractivity (Wildman–Crippen MR) is 439 cm³/mol. The molecule has 0 aliphatic carbocycles. The lowest BCUT2D eigenvalue weighted by molar-refractivity contribution is 0.622. The molecule has 107 heavy (non-hydrogen) atoms. The maximum Gasteiger partial charge on any atom is 0.340 e. The Hall–Kier alpha value is -14.5. The second-order valence-corrected chi connectivity index (χ2v) is 27.4. The number of hydrogen-bond donors (Lipinski definition) is 0. The highest BCUT2D eigenvalue weighted by atomic mass is 16.3. The summed E-state index contributed by atoms with van der Waals surface area (Å²) >= 11 is 0. The van der Waals surface area contributed by atoms with Crippen LogP contribution in [0.5, 0.6) is 0 Å². The van der Waals surface area contributed by atoms with Crippen molar-refractivity contribution in [3.8, 4) is 106 Å². The third kappa shape index (κ3) is 10.5. The van der Waals surface area contributed by atoms with Crippen LogP contribution in [0.4, 0.5) is 17.1 Å². The van der Waals surface area contributed by atoms with Crippen LogP contribution in [0, 0.1) is 0 Å². The van der Waals surface area contributed by atoms with E-state index in [4.69, 9.17) is 4.42 Å². The van der Waals surface area contributed by atoms with Crippen LogP contribution in [0.25, 0.3) is 171 Å². The summed E-state index contributed by atoms with van der Waals surface area (Å²) in [5, 5.41) is 5.00. The van der Waals surface area contributed by atoms with Crippen molar-refractivity contribution >= 4 is 82.3 Å². The molecule has 502 valence electrons. The van der Waals surface area contributed by atoms with E-state index in [1.54, 1.807) is 16.9 Å². The van der Waals surface area contributed by atoms with Gasteiger partial charge in [0, 0.05) is 49.4 Å². The number of rotatable bonds is 13. The van der Waals surface area contributed by atoms with E-state index in [1.165, 1.54) is 8.80 Å². The van der Waals surface area contributed by atoms with Crippen molar-refractivity contribution in [3.05, 3.63) is 406 Å². The van der Waals surface area contributed by atoms with E-state index in [2.05, 4.69) is 211 Å². The van der Waals surface area contributed by atoms with Crippen molar-refractivity contribution in [2.75, 3.05) is 4.90 Å². The van der Waals surface area contributed by atoms with Gasteiger partial charge in [-0.25, -0.2) is 13.6 Å². The second kappa shape index (κ2) is 25.2. The molecule has 15 aromatic carbocycles. The van der Waals surface area contributed by atoms with E-state index in [9.17, 15) is 19.2 Å². The minimum absolute atomic E-state index is 0.337. The molecular weight excluding hydrogens is 1310 g/mol. The SMILES string of the molecule is O=c1c2ccc(-c3cc(-c4ccccc4)cc(-c4cccc(-c5ccc(-c6ccc(N(c7ccc(-c8ccccc8)cc7)c7cccc(-n8c(=O)n9c(=O)c%10ccccc%10c%10cccc8c%109)c7)cc6)cc5)c4)c3)cc2c2coc3c4cc(-c5cc(-c6ccccc6)cc(-c6ccccc6)c5)ccc4c(=O)n1c23. The standard InChI is InChI=1S/C98H60N4O5/c103-95-86-48-42-71(57-88(86)90-60-107-94-89-58-72(43-49-87(89)96(104)101(95)93(90)94)77-53-73(62-20-7-2-8-21-62)51-74(54-77)63-22-9-3-10-23-63)78-55-75(64-24-11-4-12-25-64)52-76(56-78)70-27-15-26-69(50-70)68-36-34-65(35-37-68)67-40-46-80(47-41-67)99(79-44-38-66(39-45-79)61-18-5-1-6-19-61)81-28-16-29-82(59-81)100-91-33-17-32-84-83-30-13-14-31-85(83)97(105)102(92(84)91)98(100)106/h1-60H. The van der Waals surface area contributed by atoms with Gasteiger partial charge < -0.3 is 9.32 Å². The van der Waals surface area contributed by atoms with Gasteiger partial charge in [-0.2, -0.15) is 0 Å². The lowest BCUT2D eigenvalue weighted by Crippen LogP contribution is -2.27. The molecule has 0 N–H and O–H groups in total. The maximum absolute atomic E-state index is 14.8. The molecule has 20 aromatic rings. The summed E-state index contributed by atoms with van der Waals surface area (Å²) in [4.78, 5) is 60.5. The number of furan rings is 1. The Morgan fingerprint density at radius 2 is 0.579 bits per heavy atom. The average Bonchev–Trinajstić information content (AvgIpc) is 1.69. The molecule has 0 amide bonds. The molecule has 0 saturated heterocycles. The molecule has 0 spiro atoms. The molecule has 5 heterocycles. The normalized spacial score (nSPS) is 11.7. The van der Waals surface area contributed by atoms with Crippen LogP contribution in [0.1, 0.15) is 0 Å². The predicted octanol–water partition coefficient (Wildman–Crippen LogP) is 23.1. The van der Waals surface area contributed by atoms with E-state index in [1.807, 2.05) is 146 Å². The Kier molecular flexibility index (Phi) is 14.6. The number of para-hydroxylation sites is 1. The highest BCUT2D eigenvalue weighted by molar-refractivity contribution is 6.17. The van der Waals surface area contributed by atoms with Gasteiger partial charge in [0.15, 0.2) is 5.58 Å². The lowest BCUT2D eigenvalue weighted by Gasteiger charge is -2.26. The molecule has 0 saturated carbocycles. The summed E-state index contributed by atoms with van der Waals surface area (Å²) in [5.74, 6) is 0. The summed E-state index contributed by atoms with van der Waals surface area (Å²) in [7, 11) is 0. The molecule has 0 aliphatic rings. The van der Waals surface area contributed by atoms with Gasteiger partial charge in [-0.3, -0.25) is 19.0 Å². The number of hydrogen-bond acceptors (Lipinski definition) is 6. The molecule has 0 radical (unpaired) electrons. The van der Waals surface area contributed by atoms with Crippen LogP contribution in [-0.4, -0.2) is 13.4 Å². The number of imidazole rings is 1. The average molecular weight is 1370 g/mol. The third-order valence-corrected chi connectivity index (χ3v) is 21.2. The fourth-order valence-corrected chi connectivity index (χ4v) is 16.0. The fourth-order valence-electron chi connectivity index (χ4n) is 16.0. The van der Waals surface area contributed by atoms with E-state index in [-0.39, 0.29) is 11.1 Å². The summed E-state index contributed by atoms with van der Waals surface area (Å²) < 4.78 is 10.8. The van der Waals surface area contributed by atoms with Gasteiger partial charge in [0.1, 0.15) is 11.8 Å². The quantitative estimate of drug-likeness (QED) is 0.0842. The van der Waals surface area contributed by atoms with Gasteiger partial charge in [0.05, 0.1) is 22.1 Å². The highest BCUT2D eigenvalue weighted by Gasteiger charge is 2.25. The van der Waals surface area contributed by atoms with E-state index in [0.29, 0.717) is 60.1 Å². The Morgan fingerprint density at radius 3 is 1.11 bits per heavy atom. The summed E-state index contributed by atoms with van der Waals surface area (Å²) in [5.41, 5.74) is 22.7. The van der Waals surface area contributed by atoms with Gasteiger partial charge in [0.25, 0.3) is 16.7 Å². The smallest absolute Gasteiger partial charge is 0.340 e. The van der Waals surface area contributed by atoms with Crippen molar-refractivity contribution < 1.29 is 4.42 Å². The van der Waals surface area contributed by atoms with Crippen LogP contribution in [0.3, 0.4) is 0 Å². The fraction of sp³-hybridized carbons (Fsp3) is 0. The van der Waals surface area contributed by atoms with Gasteiger partial charge in [-0.1, -0.05) is 237 Å².